The van der Waals surface area contributed by atoms with E-state index in [-0.39, 0.29) is 5.91 Å². The zero-order chi connectivity index (χ0) is 14.5. The van der Waals surface area contributed by atoms with Gasteiger partial charge in [0.15, 0.2) is 5.75 Å². The summed E-state index contributed by atoms with van der Waals surface area (Å²) in [6.45, 7) is 6.16. The predicted molar refractivity (Wildman–Crippen MR) is 84.5 cm³/mol. The lowest BCUT2D eigenvalue weighted by Gasteiger charge is -2.32. The minimum Gasteiger partial charge on any atom is -0.491 e. The number of nitrogen functional groups attached to an aromatic ring is 1. The Morgan fingerprint density at radius 3 is 3.00 bits per heavy atom. The molecule has 0 bridgehead atoms. The Balaban J connectivity index is 2.22. The second-order valence-corrected chi connectivity index (χ2v) is 6.22. The standard InChI is InChI=1S/C15H22N2O2S/c1-3-11-10-17(8-9-20-11)15(18)12-6-5-7-13(16)14(12)19-4-2/h5-7,11H,3-4,8-10,16H2,1-2H3. The highest BCUT2D eigenvalue weighted by Crippen LogP contribution is 2.29. The maximum atomic E-state index is 12.7. The zero-order valence-corrected chi connectivity index (χ0v) is 12.9. The molecule has 1 unspecified atom stereocenters. The number of benzene rings is 1. The average molecular weight is 294 g/mol. The van der Waals surface area contributed by atoms with E-state index in [4.69, 9.17) is 10.5 Å². The number of carbonyl (C=O) groups is 1. The summed E-state index contributed by atoms with van der Waals surface area (Å²) >= 11 is 1.95. The van der Waals surface area contributed by atoms with Gasteiger partial charge in [-0.15, -0.1) is 0 Å². The van der Waals surface area contributed by atoms with Crippen LogP contribution in [0, 0.1) is 0 Å². The van der Waals surface area contributed by atoms with Crippen LogP contribution in [0.25, 0.3) is 0 Å². The molecule has 4 nitrogen and oxygen atoms in total. The van der Waals surface area contributed by atoms with Gasteiger partial charge in [0.2, 0.25) is 0 Å². The van der Waals surface area contributed by atoms with Crippen LogP contribution in [0.15, 0.2) is 18.2 Å². The van der Waals surface area contributed by atoms with Crippen LogP contribution in [0.2, 0.25) is 0 Å². The van der Waals surface area contributed by atoms with Gasteiger partial charge in [0.25, 0.3) is 5.91 Å². The van der Waals surface area contributed by atoms with Gasteiger partial charge in [0.1, 0.15) is 0 Å². The molecule has 1 aliphatic rings. The topological polar surface area (TPSA) is 55.6 Å². The third-order valence-electron chi connectivity index (χ3n) is 3.45. The smallest absolute Gasteiger partial charge is 0.257 e. The average Bonchev–Trinajstić information content (AvgIpc) is 2.49. The van der Waals surface area contributed by atoms with Gasteiger partial charge in [-0.2, -0.15) is 11.8 Å². The number of hydrogen-bond donors (Lipinski definition) is 1. The van der Waals surface area contributed by atoms with Crippen LogP contribution in [0.1, 0.15) is 30.6 Å². The van der Waals surface area contributed by atoms with Gasteiger partial charge in [-0.1, -0.05) is 13.0 Å². The minimum atomic E-state index is 0.0273. The molecule has 110 valence electrons. The molecule has 1 saturated heterocycles. The van der Waals surface area contributed by atoms with Gasteiger partial charge < -0.3 is 15.4 Å². The molecule has 1 aliphatic heterocycles. The van der Waals surface area contributed by atoms with Gasteiger partial charge in [-0.05, 0) is 25.5 Å². The molecule has 0 spiro atoms. The van der Waals surface area contributed by atoms with Crippen molar-refractivity contribution in [2.24, 2.45) is 0 Å². The van der Waals surface area contributed by atoms with Crippen LogP contribution in [0.5, 0.6) is 5.75 Å². The molecule has 0 saturated carbocycles. The number of nitrogens with zero attached hydrogens (tertiary/aromatic N) is 1. The molecule has 5 heteroatoms. The Morgan fingerprint density at radius 2 is 2.30 bits per heavy atom. The SMILES string of the molecule is CCOc1c(N)cccc1C(=O)N1CCSC(CC)C1. The monoisotopic (exact) mass is 294 g/mol. The summed E-state index contributed by atoms with van der Waals surface area (Å²) in [6.07, 6.45) is 1.09. The molecule has 0 aliphatic carbocycles. The first-order valence-electron chi connectivity index (χ1n) is 7.09. The van der Waals surface area contributed by atoms with Crippen LogP contribution in [-0.4, -0.2) is 41.5 Å². The molecule has 1 fully saturated rings. The second kappa shape index (κ2) is 6.88. The molecule has 1 aromatic carbocycles. The Morgan fingerprint density at radius 1 is 1.50 bits per heavy atom. The summed E-state index contributed by atoms with van der Waals surface area (Å²) in [5.41, 5.74) is 7.03. The van der Waals surface area contributed by atoms with Crippen molar-refractivity contribution in [3.05, 3.63) is 23.8 Å². The fourth-order valence-corrected chi connectivity index (χ4v) is 3.53. The summed E-state index contributed by atoms with van der Waals surface area (Å²) in [5.74, 6) is 1.54. The van der Waals surface area contributed by atoms with E-state index in [0.29, 0.717) is 28.9 Å². The number of ether oxygens (including phenoxy) is 1. The molecule has 2 rings (SSSR count). The van der Waals surface area contributed by atoms with Crippen molar-refractivity contribution in [2.45, 2.75) is 25.5 Å². The van der Waals surface area contributed by atoms with Crippen LogP contribution in [-0.2, 0) is 0 Å². The van der Waals surface area contributed by atoms with Crippen molar-refractivity contribution in [1.82, 2.24) is 4.90 Å². The van der Waals surface area contributed by atoms with E-state index in [1.165, 1.54) is 0 Å². The number of rotatable bonds is 4. The maximum Gasteiger partial charge on any atom is 0.257 e. The summed E-state index contributed by atoms with van der Waals surface area (Å²) < 4.78 is 5.56. The third kappa shape index (κ3) is 3.20. The van der Waals surface area contributed by atoms with Crippen molar-refractivity contribution in [1.29, 1.82) is 0 Å². The quantitative estimate of drug-likeness (QED) is 0.867. The molecular formula is C15H22N2O2S. The molecule has 1 aromatic rings. The van der Waals surface area contributed by atoms with Gasteiger partial charge in [-0.3, -0.25) is 4.79 Å². The van der Waals surface area contributed by atoms with Gasteiger partial charge in [-0.25, -0.2) is 0 Å². The molecule has 1 heterocycles. The summed E-state index contributed by atoms with van der Waals surface area (Å²) in [7, 11) is 0. The largest absolute Gasteiger partial charge is 0.491 e. The number of carbonyl (C=O) groups excluding carboxylic acids is 1. The van der Waals surface area contributed by atoms with Crippen molar-refractivity contribution in [2.75, 3.05) is 31.2 Å². The Bertz CT molecular complexity index is 479. The van der Waals surface area contributed by atoms with Crippen molar-refractivity contribution < 1.29 is 9.53 Å². The third-order valence-corrected chi connectivity index (χ3v) is 4.82. The highest BCUT2D eigenvalue weighted by atomic mass is 32.2. The lowest BCUT2D eigenvalue weighted by atomic mass is 10.1. The molecule has 0 radical (unpaired) electrons. The highest BCUT2D eigenvalue weighted by molar-refractivity contribution is 8.00. The normalized spacial score (nSPS) is 18.9. The first kappa shape index (κ1) is 15.0. The Kier molecular flexibility index (Phi) is 5.17. The van der Waals surface area contributed by atoms with E-state index in [1.807, 2.05) is 23.6 Å². The fourth-order valence-electron chi connectivity index (χ4n) is 2.35. The van der Waals surface area contributed by atoms with Gasteiger partial charge >= 0.3 is 0 Å². The number of amides is 1. The summed E-state index contributed by atoms with van der Waals surface area (Å²) in [4.78, 5) is 14.6. The lowest BCUT2D eigenvalue weighted by molar-refractivity contribution is 0.0757. The molecule has 1 amide bonds. The number of para-hydroxylation sites is 1. The molecule has 0 aromatic heterocycles. The van der Waals surface area contributed by atoms with E-state index in [0.717, 1.165) is 25.3 Å². The van der Waals surface area contributed by atoms with Gasteiger partial charge in [0, 0.05) is 24.1 Å². The maximum absolute atomic E-state index is 12.7. The van der Waals surface area contributed by atoms with E-state index in [9.17, 15) is 4.79 Å². The summed E-state index contributed by atoms with van der Waals surface area (Å²) in [6, 6.07) is 5.37. The van der Waals surface area contributed by atoms with Crippen LogP contribution >= 0.6 is 11.8 Å². The van der Waals surface area contributed by atoms with Crippen molar-refractivity contribution in [3.8, 4) is 5.75 Å². The molecule has 1 atom stereocenters. The van der Waals surface area contributed by atoms with E-state index < -0.39 is 0 Å². The summed E-state index contributed by atoms with van der Waals surface area (Å²) in [5, 5.41) is 0.532. The van der Waals surface area contributed by atoms with Crippen molar-refractivity contribution >= 4 is 23.4 Å². The Labute approximate surface area is 124 Å². The number of anilines is 1. The first-order valence-corrected chi connectivity index (χ1v) is 8.14. The molecule has 20 heavy (non-hydrogen) atoms. The predicted octanol–water partition coefficient (Wildman–Crippen LogP) is 2.64. The second-order valence-electron chi connectivity index (χ2n) is 4.81. The fraction of sp³-hybridized carbons (Fsp3) is 0.533. The number of hydrogen-bond acceptors (Lipinski definition) is 4. The van der Waals surface area contributed by atoms with E-state index >= 15 is 0 Å². The Hall–Kier alpha value is -1.36. The molecular weight excluding hydrogens is 272 g/mol. The number of thioether (sulfide) groups is 1. The van der Waals surface area contributed by atoms with Crippen molar-refractivity contribution in [3.63, 3.8) is 0 Å². The van der Waals surface area contributed by atoms with Crippen LogP contribution in [0.4, 0.5) is 5.69 Å². The first-order chi connectivity index (χ1) is 9.67. The minimum absolute atomic E-state index is 0.0273. The lowest BCUT2D eigenvalue weighted by Crippen LogP contribution is -2.41. The highest BCUT2D eigenvalue weighted by Gasteiger charge is 2.26. The van der Waals surface area contributed by atoms with Crippen LogP contribution in [0.3, 0.4) is 0 Å². The van der Waals surface area contributed by atoms with E-state index in [1.54, 1.807) is 18.2 Å². The zero-order valence-electron chi connectivity index (χ0n) is 12.1. The van der Waals surface area contributed by atoms with Crippen LogP contribution < -0.4 is 10.5 Å². The number of nitrogens with two attached hydrogens (primary N) is 1. The molecule has 2 N–H and O–H groups in total. The van der Waals surface area contributed by atoms with Gasteiger partial charge in [0.05, 0.1) is 17.9 Å². The van der Waals surface area contributed by atoms with E-state index in [2.05, 4.69) is 6.92 Å².